The van der Waals surface area contributed by atoms with Gasteiger partial charge in [0.1, 0.15) is 6.04 Å². The molecule has 2 heterocycles. The van der Waals surface area contributed by atoms with Gasteiger partial charge in [-0.1, -0.05) is 0 Å². The molecule has 0 amide bonds. The van der Waals surface area contributed by atoms with E-state index in [-0.39, 0.29) is 24.0 Å². The SMILES string of the molecule is CN=C(NCc1c(C)nn(C)c1C)N1CCN(C(C)C(F)(F)F)CC1.I. The highest BCUT2D eigenvalue weighted by molar-refractivity contribution is 14.0. The van der Waals surface area contributed by atoms with Crippen LogP contribution in [0.25, 0.3) is 0 Å². The second-order valence-electron chi connectivity index (χ2n) is 6.41. The normalized spacial score (nSPS) is 17.8. The van der Waals surface area contributed by atoms with Crippen molar-refractivity contribution < 1.29 is 13.2 Å². The van der Waals surface area contributed by atoms with Gasteiger partial charge in [-0.2, -0.15) is 18.3 Å². The summed E-state index contributed by atoms with van der Waals surface area (Å²) in [6.45, 7) is 7.56. The predicted octanol–water partition coefficient (Wildman–Crippen LogP) is 2.30. The molecular formula is C16H28F3IN6. The van der Waals surface area contributed by atoms with Gasteiger partial charge in [0, 0.05) is 58.1 Å². The van der Waals surface area contributed by atoms with Gasteiger partial charge < -0.3 is 10.2 Å². The van der Waals surface area contributed by atoms with Crippen LogP contribution < -0.4 is 5.32 Å². The van der Waals surface area contributed by atoms with Gasteiger partial charge >= 0.3 is 6.18 Å². The van der Waals surface area contributed by atoms with Gasteiger partial charge in [-0.3, -0.25) is 14.6 Å². The fraction of sp³-hybridized carbons (Fsp3) is 0.750. The number of nitrogens with one attached hydrogen (secondary N) is 1. The summed E-state index contributed by atoms with van der Waals surface area (Å²) in [5.41, 5.74) is 3.17. The maximum absolute atomic E-state index is 12.8. The number of hydrogen-bond donors (Lipinski definition) is 1. The number of aliphatic imine (C=N–C) groups is 1. The molecule has 1 aromatic rings. The Morgan fingerprint density at radius 1 is 1.23 bits per heavy atom. The molecule has 1 N–H and O–H groups in total. The summed E-state index contributed by atoms with van der Waals surface area (Å²) in [6, 6.07) is -1.41. The van der Waals surface area contributed by atoms with E-state index in [1.165, 1.54) is 11.8 Å². The molecule has 0 aromatic carbocycles. The molecule has 1 aromatic heterocycles. The quantitative estimate of drug-likeness (QED) is 0.403. The van der Waals surface area contributed by atoms with E-state index in [0.29, 0.717) is 38.7 Å². The van der Waals surface area contributed by atoms with E-state index in [4.69, 9.17) is 0 Å². The molecule has 2 rings (SSSR count). The van der Waals surface area contributed by atoms with Gasteiger partial charge in [-0.15, -0.1) is 24.0 Å². The third kappa shape index (κ3) is 5.24. The Morgan fingerprint density at radius 3 is 2.23 bits per heavy atom. The number of halogens is 4. The maximum Gasteiger partial charge on any atom is 0.403 e. The highest BCUT2D eigenvalue weighted by Crippen LogP contribution is 2.25. The fourth-order valence-corrected chi connectivity index (χ4v) is 3.10. The van der Waals surface area contributed by atoms with Gasteiger partial charge in [0.25, 0.3) is 0 Å². The molecule has 6 nitrogen and oxygen atoms in total. The summed E-state index contributed by atoms with van der Waals surface area (Å²) in [7, 11) is 3.59. The number of piperazine rings is 1. The van der Waals surface area contributed by atoms with Crippen molar-refractivity contribution in [1.29, 1.82) is 0 Å². The van der Waals surface area contributed by atoms with Crippen molar-refractivity contribution in [3.63, 3.8) is 0 Å². The molecule has 26 heavy (non-hydrogen) atoms. The minimum atomic E-state index is -4.18. The zero-order valence-electron chi connectivity index (χ0n) is 15.9. The maximum atomic E-state index is 12.8. The minimum Gasteiger partial charge on any atom is -0.352 e. The average molecular weight is 488 g/mol. The zero-order chi connectivity index (χ0) is 18.8. The number of aromatic nitrogens is 2. The lowest BCUT2D eigenvalue weighted by Crippen LogP contribution is -2.56. The summed E-state index contributed by atoms with van der Waals surface area (Å²) in [6.07, 6.45) is -4.18. The molecule has 1 unspecified atom stereocenters. The van der Waals surface area contributed by atoms with Gasteiger partial charge in [-0.25, -0.2) is 0 Å². The monoisotopic (exact) mass is 488 g/mol. The van der Waals surface area contributed by atoms with Crippen LogP contribution in [0.3, 0.4) is 0 Å². The number of rotatable bonds is 3. The van der Waals surface area contributed by atoms with Crippen LogP contribution >= 0.6 is 24.0 Å². The standard InChI is InChI=1S/C16H27F3N6.HI/c1-11-14(12(2)23(5)22-11)10-21-15(20-4)25-8-6-24(7-9-25)13(3)16(17,18)19;/h13H,6-10H2,1-5H3,(H,20,21);1H. The lowest BCUT2D eigenvalue weighted by Gasteiger charge is -2.39. The Kier molecular flexibility index (Phi) is 8.18. The molecule has 150 valence electrons. The molecular weight excluding hydrogens is 460 g/mol. The molecule has 1 aliphatic rings. The summed E-state index contributed by atoms with van der Waals surface area (Å²) in [5, 5.41) is 7.70. The van der Waals surface area contributed by atoms with Crippen molar-refractivity contribution in [2.45, 2.75) is 39.5 Å². The van der Waals surface area contributed by atoms with Crippen molar-refractivity contribution in [3.05, 3.63) is 17.0 Å². The number of aryl methyl sites for hydroxylation is 2. The Balaban J connectivity index is 0.00000338. The first-order valence-corrected chi connectivity index (χ1v) is 8.40. The number of hydrogen-bond acceptors (Lipinski definition) is 3. The van der Waals surface area contributed by atoms with E-state index >= 15 is 0 Å². The molecule has 1 aliphatic heterocycles. The van der Waals surface area contributed by atoms with Gasteiger partial charge in [0.05, 0.1) is 5.69 Å². The molecule has 1 fully saturated rings. The number of guanidine groups is 1. The van der Waals surface area contributed by atoms with Crippen molar-refractivity contribution >= 4 is 29.9 Å². The van der Waals surface area contributed by atoms with Gasteiger partial charge in [-0.05, 0) is 20.8 Å². The Labute approximate surface area is 169 Å². The summed E-state index contributed by atoms with van der Waals surface area (Å²) in [5.74, 6) is 0.710. The van der Waals surface area contributed by atoms with E-state index < -0.39 is 12.2 Å². The Bertz CT molecular complexity index is 620. The zero-order valence-corrected chi connectivity index (χ0v) is 18.2. The predicted molar refractivity (Wildman–Crippen MR) is 107 cm³/mol. The second-order valence-corrected chi connectivity index (χ2v) is 6.41. The van der Waals surface area contributed by atoms with Crippen LogP contribution in [0.5, 0.6) is 0 Å². The van der Waals surface area contributed by atoms with Crippen molar-refractivity contribution in [1.82, 2.24) is 24.9 Å². The average Bonchev–Trinajstić information content (AvgIpc) is 2.80. The molecule has 10 heteroatoms. The van der Waals surface area contributed by atoms with Crippen LogP contribution in [0.1, 0.15) is 23.9 Å². The van der Waals surface area contributed by atoms with Crippen molar-refractivity contribution in [2.24, 2.45) is 12.0 Å². The summed E-state index contributed by atoms with van der Waals surface area (Å²) < 4.78 is 40.4. The first-order valence-electron chi connectivity index (χ1n) is 8.40. The molecule has 0 spiro atoms. The van der Waals surface area contributed by atoms with E-state index in [9.17, 15) is 13.2 Å². The third-order valence-electron chi connectivity index (χ3n) is 4.93. The molecule has 0 radical (unpaired) electrons. The smallest absolute Gasteiger partial charge is 0.352 e. The number of alkyl halides is 3. The lowest BCUT2D eigenvalue weighted by atomic mass is 10.2. The van der Waals surface area contributed by atoms with Crippen LogP contribution in [0.4, 0.5) is 13.2 Å². The molecule has 0 bridgehead atoms. The van der Waals surface area contributed by atoms with Crippen LogP contribution in [0.2, 0.25) is 0 Å². The van der Waals surface area contributed by atoms with Gasteiger partial charge in [0.2, 0.25) is 0 Å². The topological polar surface area (TPSA) is 48.7 Å². The fourth-order valence-electron chi connectivity index (χ4n) is 3.10. The van der Waals surface area contributed by atoms with E-state index in [2.05, 4.69) is 15.4 Å². The second kappa shape index (κ2) is 9.25. The van der Waals surface area contributed by atoms with Crippen molar-refractivity contribution in [2.75, 3.05) is 33.2 Å². The third-order valence-corrected chi connectivity index (χ3v) is 4.93. The number of nitrogens with zero attached hydrogens (tertiary/aromatic N) is 5. The van der Waals surface area contributed by atoms with Crippen molar-refractivity contribution in [3.8, 4) is 0 Å². The largest absolute Gasteiger partial charge is 0.403 e. The first kappa shape index (κ1) is 23.0. The molecule has 1 atom stereocenters. The molecule has 0 saturated carbocycles. The lowest BCUT2D eigenvalue weighted by molar-refractivity contribution is -0.181. The highest BCUT2D eigenvalue weighted by atomic mass is 127. The first-order chi connectivity index (χ1) is 11.6. The van der Waals surface area contributed by atoms with E-state index in [1.54, 1.807) is 7.05 Å². The molecule has 1 saturated heterocycles. The Morgan fingerprint density at radius 2 is 1.81 bits per heavy atom. The van der Waals surface area contributed by atoms with E-state index in [0.717, 1.165) is 17.0 Å². The molecule has 0 aliphatic carbocycles. The van der Waals surface area contributed by atoms with Crippen LogP contribution in [-0.2, 0) is 13.6 Å². The summed E-state index contributed by atoms with van der Waals surface area (Å²) >= 11 is 0. The van der Waals surface area contributed by atoms with E-state index in [1.807, 2.05) is 30.5 Å². The van der Waals surface area contributed by atoms with Crippen LogP contribution in [0, 0.1) is 13.8 Å². The Hall–Kier alpha value is -1.04. The van der Waals surface area contributed by atoms with Crippen LogP contribution in [0.15, 0.2) is 4.99 Å². The van der Waals surface area contributed by atoms with Gasteiger partial charge in [0.15, 0.2) is 5.96 Å². The highest BCUT2D eigenvalue weighted by Gasteiger charge is 2.41. The summed E-state index contributed by atoms with van der Waals surface area (Å²) in [4.78, 5) is 7.75. The minimum absolute atomic E-state index is 0. The van der Waals surface area contributed by atoms with Crippen LogP contribution in [-0.4, -0.2) is 71.0 Å².